The number of benzene rings is 1. The fourth-order valence-electron chi connectivity index (χ4n) is 4.24. The van der Waals surface area contributed by atoms with Crippen molar-refractivity contribution < 1.29 is 5.11 Å². The molecule has 0 spiro atoms. The molecule has 0 aliphatic heterocycles. The Morgan fingerprint density at radius 1 is 0.864 bits per heavy atom. The lowest BCUT2D eigenvalue weighted by Gasteiger charge is -2.38. The van der Waals surface area contributed by atoms with Crippen molar-refractivity contribution >= 4 is 0 Å². The Labute approximate surface area is 136 Å². The van der Waals surface area contributed by atoms with Crippen LogP contribution >= 0.6 is 0 Å². The normalized spacial score (nSPS) is 19.7. The predicted molar refractivity (Wildman–Crippen MR) is 95.2 cm³/mol. The topological polar surface area (TPSA) is 20.2 Å². The Morgan fingerprint density at radius 3 is 1.55 bits per heavy atom. The fraction of sp³-hybridized carbons (Fsp3) is 0.619. The van der Waals surface area contributed by atoms with Gasteiger partial charge in [0.15, 0.2) is 0 Å². The highest BCUT2D eigenvalue weighted by Gasteiger charge is 2.48. The maximum absolute atomic E-state index is 11.3. The quantitative estimate of drug-likeness (QED) is 0.758. The van der Waals surface area contributed by atoms with Gasteiger partial charge in [-0.05, 0) is 23.0 Å². The standard InChI is InChI=1S/C21H32O/c1-14(2)21(22,15(3)4)13-18-19(5,6)16-11-9-10-12-17(16)20(18,7)8/h9-15,22H,1-8H3. The van der Waals surface area contributed by atoms with Crippen LogP contribution in [-0.2, 0) is 10.8 Å². The Kier molecular flexibility index (Phi) is 4.11. The van der Waals surface area contributed by atoms with Gasteiger partial charge in [-0.25, -0.2) is 0 Å². The van der Waals surface area contributed by atoms with Gasteiger partial charge in [-0.3, -0.25) is 0 Å². The Bertz CT molecular complexity index is 543. The maximum atomic E-state index is 11.3. The number of hydrogen-bond donors (Lipinski definition) is 1. The Hall–Kier alpha value is -1.08. The summed E-state index contributed by atoms with van der Waals surface area (Å²) in [6.45, 7) is 17.6. The molecule has 0 fully saturated rings. The zero-order valence-corrected chi connectivity index (χ0v) is 15.5. The van der Waals surface area contributed by atoms with Crippen LogP contribution in [0.2, 0.25) is 0 Å². The lowest BCUT2D eigenvalue weighted by Crippen LogP contribution is -2.41. The first-order chi connectivity index (χ1) is 9.95. The molecule has 122 valence electrons. The molecule has 0 aromatic heterocycles. The summed E-state index contributed by atoms with van der Waals surface area (Å²) in [5.41, 5.74) is 3.26. The van der Waals surface area contributed by atoms with Gasteiger partial charge >= 0.3 is 0 Å². The highest BCUT2D eigenvalue weighted by molar-refractivity contribution is 5.57. The van der Waals surface area contributed by atoms with E-state index in [2.05, 4.69) is 85.7 Å². The van der Waals surface area contributed by atoms with Crippen molar-refractivity contribution in [2.24, 2.45) is 11.8 Å². The average molecular weight is 300 g/mol. The van der Waals surface area contributed by atoms with Crippen molar-refractivity contribution in [1.29, 1.82) is 0 Å². The summed E-state index contributed by atoms with van der Waals surface area (Å²) in [6.07, 6.45) is 2.18. The Balaban J connectivity index is 2.69. The van der Waals surface area contributed by atoms with Crippen molar-refractivity contribution in [1.82, 2.24) is 0 Å². The molecule has 22 heavy (non-hydrogen) atoms. The van der Waals surface area contributed by atoms with Crippen molar-refractivity contribution in [2.45, 2.75) is 71.8 Å². The van der Waals surface area contributed by atoms with E-state index < -0.39 is 5.60 Å². The summed E-state index contributed by atoms with van der Waals surface area (Å²) in [7, 11) is 0. The molecule has 0 unspecified atom stereocenters. The van der Waals surface area contributed by atoms with E-state index in [0.717, 1.165) is 0 Å². The van der Waals surface area contributed by atoms with Crippen LogP contribution in [0.4, 0.5) is 0 Å². The van der Waals surface area contributed by atoms with E-state index in [1.807, 2.05) is 0 Å². The largest absolute Gasteiger partial charge is 0.385 e. The summed E-state index contributed by atoms with van der Waals surface area (Å²) < 4.78 is 0. The molecule has 0 heterocycles. The van der Waals surface area contributed by atoms with Crippen molar-refractivity contribution in [3.8, 4) is 0 Å². The third-order valence-corrected chi connectivity index (χ3v) is 5.85. The second-order valence-corrected chi connectivity index (χ2v) is 8.55. The lowest BCUT2D eigenvalue weighted by molar-refractivity contribution is -0.00211. The monoisotopic (exact) mass is 300 g/mol. The summed E-state index contributed by atoms with van der Waals surface area (Å²) in [5, 5.41) is 11.3. The minimum Gasteiger partial charge on any atom is -0.385 e. The average Bonchev–Trinajstić information content (AvgIpc) is 2.57. The molecule has 0 saturated carbocycles. The van der Waals surface area contributed by atoms with E-state index >= 15 is 0 Å². The van der Waals surface area contributed by atoms with Crippen LogP contribution in [-0.4, -0.2) is 10.7 Å². The maximum Gasteiger partial charge on any atom is 0.0876 e. The third kappa shape index (κ3) is 2.34. The van der Waals surface area contributed by atoms with Gasteiger partial charge in [0, 0.05) is 10.8 Å². The lowest BCUT2D eigenvalue weighted by atomic mass is 9.70. The molecule has 2 rings (SSSR count). The highest BCUT2D eigenvalue weighted by atomic mass is 16.3. The zero-order chi connectivity index (χ0) is 16.9. The molecule has 0 atom stereocenters. The molecule has 0 radical (unpaired) electrons. The van der Waals surface area contributed by atoms with Gasteiger partial charge in [-0.2, -0.15) is 0 Å². The van der Waals surface area contributed by atoms with E-state index in [9.17, 15) is 5.11 Å². The van der Waals surface area contributed by atoms with Gasteiger partial charge < -0.3 is 5.11 Å². The van der Waals surface area contributed by atoms with Gasteiger partial charge in [-0.15, -0.1) is 0 Å². The van der Waals surface area contributed by atoms with Crippen LogP contribution in [0.1, 0.15) is 66.5 Å². The minimum absolute atomic E-state index is 0.0438. The number of rotatable bonds is 3. The van der Waals surface area contributed by atoms with Crippen LogP contribution in [0, 0.1) is 11.8 Å². The minimum atomic E-state index is -0.772. The third-order valence-electron chi connectivity index (χ3n) is 5.85. The molecule has 1 heteroatoms. The molecule has 0 amide bonds. The first-order valence-electron chi connectivity index (χ1n) is 8.52. The first kappa shape index (κ1) is 17.3. The molecular formula is C21H32O. The van der Waals surface area contributed by atoms with E-state index in [1.165, 1.54) is 16.7 Å². The van der Waals surface area contributed by atoms with E-state index in [0.29, 0.717) is 0 Å². The molecule has 1 N–H and O–H groups in total. The van der Waals surface area contributed by atoms with Gasteiger partial charge in [0.1, 0.15) is 0 Å². The van der Waals surface area contributed by atoms with Crippen LogP contribution < -0.4 is 0 Å². The van der Waals surface area contributed by atoms with E-state index in [1.54, 1.807) is 0 Å². The summed E-state index contributed by atoms with van der Waals surface area (Å²) in [5.74, 6) is 0.380. The van der Waals surface area contributed by atoms with E-state index in [-0.39, 0.29) is 22.7 Å². The van der Waals surface area contributed by atoms with Gasteiger partial charge in [-0.1, -0.05) is 91.3 Å². The first-order valence-corrected chi connectivity index (χ1v) is 8.52. The van der Waals surface area contributed by atoms with Crippen LogP contribution in [0.25, 0.3) is 0 Å². The molecule has 1 aliphatic carbocycles. The van der Waals surface area contributed by atoms with Gasteiger partial charge in [0.2, 0.25) is 0 Å². The second kappa shape index (κ2) is 5.23. The molecule has 1 aromatic carbocycles. The molecule has 0 bridgehead atoms. The van der Waals surface area contributed by atoms with Crippen molar-refractivity contribution in [3.05, 3.63) is 47.0 Å². The molecular weight excluding hydrogens is 268 g/mol. The number of hydrogen-bond acceptors (Lipinski definition) is 1. The van der Waals surface area contributed by atoms with Crippen molar-refractivity contribution in [2.75, 3.05) is 0 Å². The molecule has 1 aliphatic rings. The predicted octanol–water partition coefficient (Wildman–Crippen LogP) is 5.22. The van der Waals surface area contributed by atoms with Crippen LogP contribution in [0.15, 0.2) is 35.9 Å². The molecule has 1 nitrogen and oxygen atoms in total. The van der Waals surface area contributed by atoms with Crippen molar-refractivity contribution in [3.63, 3.8) is 0 Å². The number of aliphatic hydroxyl groups is 1. The SMILES string of the molecule is CC(C)C(O)(C=C1C(C)(C)c2ccccc2C1(C)C)C(C)C. The number of fused-ring (bicyclic) bond motifs is 1. The van der Waals surface area contributed by atoms with E-state index in [4.69, 9.17) is 0 Å². The van der Waals surface area contributed by atoms with Gasteiger partial charge in [0.25, 0.3) is 0 Å². The van der Waals surface area contributed by atoms with Crippen LogP contribution in [0.5, 0.6) is 0 Å². The number of allylic oxidation sites excluding steroid dienone is 1. The summed E-state index contributed by atoms with van der Waals surface area (Å²) in [6, 6.07) is 8.72. The molecule has 0 saturated heterocycles. The fourth-order valence-corrected chi connectivity index (χ4v) is 4.24. The van der Waals surface area contributed by atoms with Crippen LogP contribution in [0.3, 0.4) is 0 Å². The smallest absolute Gasteiger partial charge is 0.0876 e. The van der Waals surface area contributed by atoms with Gasteiger partial charge in [0.05, 0.1) is 5.60 Å². The second-order valence-electron chi connectivity index (χ2n) is 8.55. The highest BCUT2D eigenvalue weighted by Crippen LogP contribution is 2.54. The molecule has 1 aromatic rings. The zero-order valence-electron chi connectivity index (χ0n) is 15.5. The summed E-state index contributed by atoms with van der Waals surface area (Å²) in [4.78, 5) is 0. The summed E-state index contributed by atoms with van der Waals surface area (Å²) >= 11 is 0. The Morgan fingerprint density at radius 2 is 1.23 bits per heavy atom.